The number of nitrogens with two attached hydrogens (primary N) is 1. The van der Waals surface area contributed by atoms with Crippen molar-refractivity contribution in [3.63, 3.8) is 0 Å². The Morgan fingerprint density at radius 1 is 1.42 bits per heavy atom. The zero-order valence-corrected chi connectivity index (χ0v) is 12.3. The lowest BCUT2D eigenvalue weighted by atomic mass is 10.1. The molecule has 0 saturated heterocycles. The highest BCUT2D eigenvalue weighted by Gasteiger charge is 2.06. The van der Waals surface area contributed by atoms with Gasteiger partial charge >= 0.3 is 0 Å². The lowest BCUT2D eigenvalue weighted by Gasteiger charge is -2.07. The maximum Gasteiger partial charge on any atom is 0.226 e. The molecule has 2 N–H and O–H groups in total. The van der Waals surface area contributed by atoms with Crippen LogP contribution < -0.4 is 10.5 Å². The molecule has 0 aliphatic rings. The molecule has 0 amide bonds. The van der Waals surface area contributed by atoms with E-state index in [1.807, 2.05) is 25.1 Å². The van der Waals surface area contributed by atoms with Crippen LogP contribution in [0.3, 0.4) is 0 Å². The molecule has 0 bridgehead atoms. The van der Waals surface area contributed by atoms with Crippen LogP contribution in [0.25, 0.3) is 0 Å². The molecule has 1 aromatic carbocycles. The Labute approximate surface area is 120 Å². The summed E-state index contributed by atoms with van der Waals surface area (Å²) in [6, 6.07) is 5.82. The van der Waals surface area contributed by atoms with Gasteiger partial charge in [-0.25, -0.2) is 0 Å². The van der Waals surface area contributed by atoms with E-state index in [2.05, 4.69) is 26.1 Å². The highest BCUT2D eigenvalue weighted by Crippen LogP contribution is 2.23. The first-order chi connectivity index (χ1) is 9.22. The predicted octanol–water partition coefficient (Wildman–Crippen LogP) is 2.47. The Balaban J connectivity index is 2.00. The van der Waals surface area contributed by atoms with Crippen molar-refractivity contribution in [2.24, 2.45) is 5.73 Å². The minimum atomic E-state index is 0.299. The molecule has 1 aromatic heterocycles. The van der Waals surface area contributed by atoms with E-state index < -0.39 is 0 Å². The number of rotatable bonds is 6. The van der Waals surface area contributed by atoms with Crippen LogP contribution >= 0.6 is 15.9 Å². The Bertz CT molecular complexity index is 542. The largest absolute Gasteiger partial charge is 0.485 e. The fraction of sp³-hybridized carbons (Fsp3) is 0.385. The Morgan fingerprint density at radius 3 is 2.95 bits per heavy atom. The van der Waals surface area contributed by atoms with Gasteiger partial charge in [0.2, 0.25) is 11.7 Å². The molecule has 0 aliphatic heterocycles. The molecule has 5 nitrogen and oxygen atoms in total. The van der Waals surface area contributed by atoms with Crippen molar-refractivity contribution in [3.8, 4) is 5.75 Å². The van der Waals surface area contributed by atoms with Crippen LogP contribution in [0.15, 0.2) is 27.2 Å². The van der Waals surface area contributed by atoms with Gasteiger partial charge in [0.1, 0.15) is 5.75 Å². The first-order valence-electron chi connectivity index (χ1n) is 6.15. The third-order valence-corrected chi connectivity index (χ3v) is 3.39. The number of aromatic nitrogens is 2. The highest BCUT2D eigenvalue weighted by molar-refractivity contribution is 9.10. The molecule has 0 fully saturated rings. The molecule has 0 atom stereocenters. The van der Waals surface area contributed by atoms with E-state index >= 15 is 0 Å². The minimum absolute atomic E-state index is 0.299. The lowest BCUT2D eigenvalue weighted by Crippen LogP contribution is -2.04. The summed E-state index contributed by atoms with van der Waals surface area (Å²) in [5.41, 5.74) is 6.70. The second-order valence-electron chi connectivity index (χ2n) is 4.04. The fourth-order valence-electron chi connectivity index (χ4n) is 1.63. The standard InChI is InChI=1S/C13H16BrN3O2/c1-2-13-16-12(17-19-13)8-18-10-3-4-11(14)9(7-10)5-6-15/h3-4,7H,2,5-6,8,15H2,1H3. The van der Waals surface area contributed by atoms with Crippen molar-refractivity contribution >= 4 is 15.9 Å². The Morgan fingerprint density at radius 2 is 2.26 bits per heavy atom. The average molecular weight is 326 g/mol. The zero-order chi connectivity index (χ0) is 13.7. The summed E-state index contributed by atoms with van der Waals surface area (Å²) in [4.78, 5) is 4.19. The number of halogens is 1. The van der Waals surface area contributed by atoms with E-state index in [-0.39, 0.29) is 0 Å². The van der Waals surface area contributed by atoms with Gasteiger partial charge in [-0.3, -0.25) is 0 Å². The first-order valence-corrected chi connectivity index (χ1v) is 6.95. The SMILES string of the molecule is CCc1nc(COc2ccc(Br)c(CCN)c2)no1. The van der Waals surface area contributed by atoms with E-state index in [1.165, 1.54) is 0 Å². The topological polar surface area (TPSA) is 74.2 Å². The zero-order valence-electron chi connectivity index (χ0n) is 10.7. The van der Waals surface area contributed by atoms with Crippen molar-refractivity contribution in [1.29, 1.82) is 0 Å². The summed E-state index contributed by atoms with van der Waals surface area (Å²) in [6.07, 6.45) is 1.53. The third kappa shape index (κ3) is 3.78. The van der Waals surface area contributed by atoms with Crippen LogP contribution in [0.2, 0.25) is 0 Å². The van der Waals surface area contributed by atoms with Crippen molar-refractivity contribution < 1.29 is 9.26 Å². The second-order valence-corrected chi connectivity index (χ2v) is 4.89. The van der Waals surface area contributed by atoms with Gasteiger partial charge in [-0.15, -0.1) is 0 Å². The van der Waals surface area contributed by atoms with Gasteiger partial charge in [0, 0.05) is 10.9 Å². The Hall–Kier alpha value is -1.40. The molecule has 0 unspecified atom stereocenters. The molecule has 6 heteroatoms. The van der Waals surface area contributed by atoms with E-state index in [0.717, 1.165) is 28.6 Å². The fourth-order valence-corrected chi connectivity index (χ4v) is 2.07. The first kappa shape index (κ1) is 14.0. The summed E-state index contributed by atoms with van der Waals surface area (Å²) < 4.78 is 11.7. The van der Waals surface area contributed by atoms with Gasteiger partial charge in [-0.05, 0) is 36.7 Å². The summed E-state index contributed by atoms with van der Waals surface area (Å²) in [7, 11) is 0. The summed E-state index contributed by atoms with van der Waals surface area (Å²) >= 11 is 3.49. The Kier molecular flexibility index (Phi) is 4.93. The molecule has 2 aromatic rings. The monoisotopic (exact) mass is 325 g/mol. The van der Waals surface area contributed by atoms with E-state index in [4.69, 9.17) is 15.0 Å². The molecule has 0 spiro atoms. The normalized spacial score (nSPS) is 10.7. The van der Waals surface area contributed by atoms with Crippen LogP contribution in [-0.2, 0) is 19.4 Å². The minimum Gasteiger partial charge on any atom is -0.485 e. The number of ether oxygens (including phenoxy) is 1. The van der Waals surface area contributed by atoms with Crippen LogP contribution in [0.5, 0.6) is 5.75 Å². The van der Waals surface area contributed by atoms with E-state index in [0.29, 0.717) is 24.9 Å². The van der Waals surface area contributed by atoms with Gasteiger partial charge < -0.3 is 15.0 Å². The van der Waals surface area contributed by atoms with Crippen LogP contribution in [0.1, 0.15) is 24.2 Å². The van der Waals surface area contributed by atoms with Crippen LogP contribution in [0.4, 0.5) is 0 Å². The van der Waals surface area contributed by atoms with Gasteiger partial charge in [-0.2, -0.15) is 4.98 Å². The molecular formula is C13H16BrN3O2. The highest BCUT2D eigenvalue weighted by atomic mass is 79.9. The number of aryl methyl sites for hydroxylation is 1. The lowest BCUT2D eigenvalue weighted by molar-refractivity contribution is 0.285. The molecule has 2 rings (SSSR count). The van der Waals surface area contributed by atoms with Crippen molar-refractivity contribution in [2.75, 3.05) is 6.54 Å². The van der Waals surface area contributed by atoms with Gasteiger partial charge in [0.25, 0.3) is 0 Å². The van der Waals surface area contributed by atoms with Crippen LogP contribution in [0, 0.1) is 0 Å². The van der Waals surface area contributed by atoms with E-state index in [9.17, 15) is 0 Å². The van der Waals surface area contributed by atoms with Gasteiger partial charge in [-0.1, -0.05) is 28.0 Å². The smallest absolute Gasteiger partial charge is 0.226 e. The van der Waals surface area contributed by atoms with E-state index in [1.54, 1.807) is 0 Å². The molecule has 1 heterocycles. The van der Waals surface area contributed by atoms with Crippen molar-refractivity contribution in [1.82, 2.24) is 10.1 Å². The predicted molar refractivity (Wildman–Crippen MR) is 74.9 cm³/mol. The molecule has 0 aliphatic carbocycles. The second kappa shape index (κ2) is 6.68. The molecular weight excluding hydrogens is 310 g/mol. The van der Waals surface area contributed by atoms with Crippen molar-refractivity contribution in [3.05, 3.63) is 40.0 Å². The van der Waals surface area contributed by atoms with Gasteiger partial charge in [0.15, 0.2) is 6.61 Å². The number of nitrogens with zero attached hydrogens (tertiary/aromatic N) is 2. The maximum absolute atomic E-state index is 5.65. The van der Waals surface area contributed by atoms with Crippen molar-refractivity contribution in [2.45, 2.75) is 26.4 Å². The quantitative estimate of drug-likeness (QED) is 0.883. The van der Waals surface area contributed by atoms with Crippen LogP contribution in [-0.4, -0.2) is 16.7 Å². The molecule has 19 heavy (non-hydrogen) atoms. The number of hydrogen-bond acceptors (Lipinski definition) is 5. The summed E-state index contributed by atoms with van der Waals surface area (Å²) in [6.45, 7) is 2.87. The molecule has 0 radical (unpaired) electrons. The maximum atomic E-state index is 5.65. The molecule has 0 saturated carbocycles. The number of benzene rings is 1. The summed E-state index contributed by atoms with van der Waals surface area (Å²) in [5.74, 6) is 1.95. The van der Waals surface area contributed by atoms with Gasteiger partial charge in [0.05, 0.1) is 0 Å². The summed E-state index contributed by atoms with van der Waals surface area (Å²) in [5, 5.41) is 3.84. The number of hydrogen-bond donors (Lipinski definition) is 1. The molecule has 102 valence electrons. The average Bonchev–Trinajstić information content (AvgIpc) is 2.88. The third-order valence-electron chi connectivity index (χ3n) is 2.61.